The average Bonchev–Trinajstić information content (AvgIpc) is 2.49. The number of nitrogens with two attached hydrogens (primary N) is 1. The topological polar surface area (TPSA) is 73.6 Å². The Balaban J connectivity index is 0.00000484. The second-order valence-corrected chi connectivity index (χ2v) is 5.69. The molecular formula is C17H29ClN2O3. The number of benzene rings is 1. The van der Waals surface area contributed by atoms with Gasteiger partial charge in [-0.15, -0.1) is 12.4 Å². The van der Waals surface area contributed by atoms with Crippen LogP contribution in [0.2, 0.25) is 0 Å². The highest BCUT2D eigenvalue weighted by atomic mass is 35.5. The summed E-state index contributed by atoms with van der Waals surface area (Å²) in [5.41, 5.74) is 6.18. The minimum atomic E-state index is -0.816. The summed E-state index contributed by atoms with van der Waals surface area (Å²) >= 11 is 0. The zero-order chi connectivity index (χ0) is 16.4. The summed E-state index contributed by atoms with van der Waals surface area (Å²) in [5.74, 6) is 0.674. The smallest absolute Gasteiger partial charge is 0.240 e. The summed E-state index contributed by atoms with van der Waals surface area (Å²) in [4.78, 5) is 12.1. The summed E-state index contributed by atoms with van der Waals surface area (Å²) in [6.07, 6.45) is 2.40. The van der Waals surface area contributed by atoms with Crippen LogP contribution >= 0.6 is 12.4 Å². The van der Waals surface area contributed by atoms with Gasteiger partial charge in [0.05, 0.1) is 12.1 Å². The fourth-order valence-electron chi connectivity index (χ4n) is 2.16. The largest absolute Gasteiger partial charge is 0.493 e. The number of amides is 1. The van der Waals surface area contributed by atoms with Gasteiger partial charge in [0.1, 0.15) is 5.75 Å². The molecule has 0 saturated heterocycles. The normalized spacial score (nSPS) is 12.9. The quantitative estimate of drug-likeness (QED) is 0.640. The highest BCUT2D eigenvalue weighted by Crippen LogP contribution is 2.14. The lowest BCUT2D eigenvalue weighted by atomic mass is 9.96. The fraction of sp³-hybridized carbons (Fsp3) is 0.588. The Kier molecular flexibility index (Phi) is 10.6. The zero-order valence-electron chi connectivity index (χ0n) is 14.3. The van der Waals surface area contributed by atoms with E-state index in [1.165, 1.54) is 0 Å². The molecule has 1 amide bonds. The number of carbonyl (C=O) groups excluding carboxylic acids is 1. The monoisotopic (exact) mass is 344 g/mol. The van der Waals surface area contributed by atoms with Crippen LogP contribution in [0.1, 0.15) is 38.7 Å². The van der Waals surface area contributed by atoms with Gasteiger partial charge in [0.2, 0.25) is 5.91 Å². The van der Waals surface area contributed by atoms with E-state index in [2.05, 4.69) is 5.32 Å². The minimum Gasteiger partial charge on any atom is -0.493 e. The maximum atomic E-state index is 12.1. The first-order valence-electron chi connectivity index (χ1n) is 7.77. The van der Waals surface area contributed by atoms with Crippen LogP contribution in [0.3, 0.4) is 0 Å². The van der Waals surface area contributed by atoms with Crippen LogP contribution in [0, 0.1) is 0 Å². The van der Waals surface area contributed by atoms with Crippen LogP contribution in [0.25, 0.3) is 0 Å². The van der Waals surface area contributed by atoms with Gasteiger partial charge in [-0.05, 0) is 31.0 Å². The Morgan fingerprint density at radius 2 is 2.09 bits per heavy atom. The predicted octanol–water partition coefficient (Wildman–Crippen LogP) is 2.66. The van der Waals surface area contributed by atoms with Gasteiger partial charge in [0.25, 0.3) is 0 Å². The van der Waals surface area contributed by atoms with E-state index in [-0.39, 0.29) is 18.3 Å². The Morgan fingerprint density at radius 1 is 1.35 bits per heavy atom. The van der Waals surface area contributed by atoms with E-state index in [1.807, 2.05) is 31.2 Å². The van der Waals surface area contributed by atoms with Gasteiger partial charge in [0, 0.05) is 26.7 Å². The van der Waals surface area contributed by atoms with E-state index in [0.717, 1.165) is 24.2 Å². The van der Waals surface area contributed by atoms with Crippen molar-refractivity contribution in [3.63, 3.8) is 0 Å². The Bertz CT molecular complexity index is 467. The molecule has 6 heteroatoms. The van der Waals surface area contributed by atoms with E-state index in [1.54, 1.807) is 14.0 Å². The molecule has 1 unspecified atom stereocenters. The molecule has 0 aromatic heterocycles. The number of nitrogens with one attached hydrogen (secondary N) is 1. The van der Waals surface area contributed by atoms with Crippen LogP contribution in [-0.4, -0.2) is 31.8 Å². The lowest BCUT2D eigenvalue weighted by Gasteiger charge is -2.22. The molecule has 0 aliphatic rings. The third-order valence-electron chi connectivity index (χ3n) is 3.40. The number of rotatable bonds is 10. The molecule has 0 saturated carbocycles. The van der Waals surface area contributed by atoms with Crippen molar-refractivity contribution in [2.75, 3.05) is 20.3 Å². The number of hydrogen-bond acceptors (Lipinski definition) is 4. The van der Waals surface area contributed by atoms with E-state index in [4.69, 9.17) is 15.2 Å². The van der Waals surface area contributed by atoms with E-state index < -0.39 is 5.54 Å². The van der Waals surface area contributed by atoms with Crippen molar-refractivity contribution >= 4 is 18.3 Å². The molecule has 0 bridgehead atoms. The molecule has 3 N–H and O–H groups in total. The molecule has 1 aromatic carbocycles. The van der Waals surface area contributed by atoms with Crippen LogP contribution in [-0.2, 0) is 16.1 Å². The standard InChI is InChI=1S/C17H28N2O3.ClH/c1-4-9-17(2,18)16(20)19-13-14-7-5-8-15(12-14)22-11-6-10-21-3;/h5,7-8,12H,4,6,9-11,13,18H2,1-3H3,(H,19,20);1H. The molecule has 1 rings (SSSR count). The predicted molar refractivity (Wildman–Crippen MR) is 95.0 cm³/mol. The average molecular weight is 345 g/mol. The maximum Gasteiger partial charge on any atom is 0.240 e. The molecule has 132 valence electrons. The Hall–Kier alpha value is -1.30. The molecule has 0 fully saturated rings. The van der Waals surface area contributed by atoms with Crippen molar-refractivity contribution < 1.29 is 14.3 Å². The van der Waals surface area contributed by atoms with Crippen molar-refractivity contribution in [2.24, 2.45) is 5.73 Å². The van der Waals surface area contributed by atoms with Crippen LogP contribution < -0.4 is 15.8 Å². The van der Waals surface area contributed by atoms with Gasteiger partial charge < -0.3 is 20.5 Å². The van der Waals surface area contributed by atoms with Gasteiger partial charge in [-0.2, -0.15) is 0 Å². The number of methoxy groups -OCH3 is 1. The first kappa shape index (κ1) is 21.7. The van der Waals surface area contributed by atoms with Crippen LogP contribution in [0.15, 0.2) is 24.3 Å². The molecule has 1 aromatic rings. The third-order valence-corrected chi connectivity index (χ3v) is 3.40. The third kappa shape index (κ3) is 8.21. The van der Waals surface area contributed by atoms with E-state index in [0.29, 0.717) is 26.2 Å². The molecular weight excluding hydrogens is 316 g/mol. The van der Waals surface area contributed by atoms with Crippen molar-refractivity contribution in [1.82, 2.24) is 5.32 Å². The molecule has 0 spiro atoms. The Labute approximate surface area is 145 Å². The van der Waals surface area contributed by atoms with Gasteiger partial charge in [-0.1, -0.05) is 25.5 Å². The lowest BCUT2D eigenvalue weighted by molar-refractivity contribution is -0.126. The molecule has 5 nitrogen and oxygen atoms in total. The molecule has 0 aliphatic heterocycles. The fourth-order valence-corrected chi connectivity index (χ4v) is 2.16. The van der Waals surface area contributed by atoms with E-state index >= 15 is 0 Å². The number of carbonyl (C=O) groups is 1. The van der Waals surface area contributed by atoms with Crippen molar-refractivity contribution in [3.8, 4) is 5.75 Å². The van der Waals surface area contributed by atoms with Gasteiger partial charge >= 0.3 is 0 Å². The minimum absolute atomic E-state index is 0. The molecule has 23 heavy (non-hydrogen) atoms. The van der Waals surface area contributed by atoms with Crippen LogP contribution in [0.4, 0.5) is 0 Å². The molecule has 0 radical (unpaired) electrons. The zero-order valence-corrected chi connectivity index (χ0v) is 15.1. The summed E-state index contributed by atoms with van der Waals surface area (Å²) in [6.45, 7) is 5.53. The van der Waals surface area contributed by atoms with Crippen molar-refractivity contribution in [2.45, 2.75) is 45.2 Å². The highest BCUT2D eigenvalue weighted by Gasteiger charge is 2.26. The number of ether oxygens (including phenoxy) is 2. The van der Waals surface area contributed by atoms with Gasteiger partial charge in [0.15, 0.2) is 0 Å². The van der Waals surface area contributed by atoms with Gasteiger partial charge in [-0.3, -0.25) is 4.79 Å². The van der Waals surface area contributed by atoms with Crippen LogP contribution in [0.5, 0.6) is 5.75 Å². The summed E-state index contributed by atoms with van der Waals surface area (Å²) < 4.78 is 10.6. The Morgan fingerprint density at radius 3 is 2.74 bits per heavy atom. The number of halogens is 1. The van der Waals surface area contributed by atoms with Gasteiger partial charge in [-0.25, -0.2) is 0 Å². The highest BCUT2D eigenvalue weighted by molar-refractivity contribution is 5.85. The first-order valence-corrected chi connectivity index (χ1v) is 7.77. The SMILES string of the molecule is CCCC(C)(N)C(=O)NCc1cccc(OCCCOC)c1.Cl. The second kappa shape index (κ2) is 11.3. The second-order valence-electron chi connectivity index (χ2n) is 5.69. The first-order chi connectivity index (χ1) is 10.5. The summed E-state index contributed by atoms with van der Waals surface area (Å²) in [7, 11) is 1.67. The van der Waals surface area contributed by atoms with Crippen molar-refractivity contribution in [1.29, 1.82) is 0 Å². The lowest BCUT2D eigenvalue weighted by Crippen LogP contribution is -2.51. The van der Waals surface area contributed by atoms with E-state index in [9.17, 15) is 4.79 Å². The summed E-state index contributed by atoms with van der Waals surface area (Å²) in [5, 5.41) is 2.89. The molecule has 1 atom stereocenters. The number of hydrogen-bond donors (Lipinski definition) is 2. The molecule has 0 aliphatic carbocycles. The molecule has 0 heterocycles. The summed E-state index contributed by atoms with van der Waals surface area (Å²) in [6, 6.07) is 7.71. The van der Waals surface area contributed by atoms with Crippen molar-refractivity contribution in [3.05, 3.63) is 29.8 Å². The maximum absolute atomic E-state index is 12.1.